The molecule has 1 saturated carbocycles. The van der Waals surface area contributed by atoms with E-state index in [1.807, 2.05) is 36.4 Å². The van der Waals surface area contributed by atoms with E-state index in [1.165, 1.54) is 44.1 Å². The smallest absolute Gasteiger partial charge is 0.343 e. The molecule has 2 aromatic rings. The Morgan fingerprint density at radius 2 is 1.52 bits per heavy atom. The van der Waals surface area contributed by atoms with Crippen molar-refractivity contribution in [3.05, 3.63) is 83.4 Å². The lowest BCUT2D eigenvalue weighted by atomic mass is 9.78. The molecule has 164 valence electrons. The molecule has 0 heterocycles. The summed E-state index contributed by atoms with van der Waals surface area (Å²) >= 11 is 0. The maximum atomic E-state index is 12.5. The van der Waals surface area contributed by atoms with Gasteiger partial charge in [-0.25, -0.2) is 4.79 Å². The van der Waals surface area contributed by atoms with Crippen LogP contribution >= 0.6 is 0 Å². The molecule has 0 radical (unpaired) electrons. The molecule has 2 nitrogen and oxygen atoms in total. The molecule has 0 saturated heterocycles. The molecule has 0 aliphatic heterocycles. The topological polar surface area (TPSA) is 26.3 Å². The number of hydrogen-bond acceptors (Lipinski definition) is 2. The van der Waals surface area contributed by atoms with Crippen molar-refractivity contribution in [2.24, 2.45) is 5.92 Å². The zero-order valence-electron chi connectivity index (χ0n) is 19.1. The second-order valence-corrected chi connectivity index (χ2v) is 8.60. The van der Waals surface area contributed by atoms with Gasteiger partial charge < -0.3 is 4.74 Å². The molecule has 1 aliphatic carbocycles. The largest absolute Gasteiger partial charge is 0.423 e. The van der Waals surface area contributed by atoms with Crippen molar-refractivity contribution in [3.63, 3.8) is 0 Å². The molecule has 0 N–H and O–H groups in total. The average Bonchev–Trinajstić information content (AvgIpc) is 2.81. The van der Waals surface area contributed by atoms with Gasteiger partial charge in [0.1, 0.15) is 5.75 Å². The Hall–Kier alpha value is -2.61. The number of carbonyl (C=O) groups is 1. The van der Waals surface area contributed by atoms with Crippen LogP contribution in [0, 0.1) is 5.92 Å². The van der Waals surface area contributed by atoms with E-state index in [9.17, 15) is 4.79 Å². The monoisotopic (exact) mass is 416 g/mol. The molecule has 0 aromatic heterocycles. The minimum Gasteiger partial charge on any atom is -0.423 e. The zero-order valence-corrected chi connectivity index (χ0v) is 19.1. The van der Waals surface area contributed by atoms with Gasteiger partial charge in [0.05, 0.1) is 5.56 Å². The summed E-state index contributed by atoms with van der Waals surface area (Å²) in [5.41, 5.74) is 3.07. The first-order chi connectivity index (χ1) is 15.2. The third-order valence-corrected chi connectivity index (χ3v) is 6.11. The highest BCUT2D eigenvalue weighted by Crippen LogP contribution is 2.36. The highest BCUT2D eigenvalue weighted by atomic mass is 16.5. The van der Waals surface area contributed by atoms with Gasteiger partial charge in [0, 0.05) is 0 Å². The summed E-state index contributed by atoms with van der Waals surface area (Å²) in [7, 11) is 0. The van der Waals surface area contributed by atoms with Crippen molar-refractivity contribution in [2.45, 2.75) is 71.1 Å². The predicted molar refractivity (Wildman–Crippen MR) is 131 cm³/mol. The van der Waals surface area contributed by atoms with Crippen molar-refractivity contribution in [1.29, 1.82) is 0 Å². The summed E-state index contributed by atoms with van der Waals surface area (Å²) < 4.78 is 5.56. The molecule has 0 spiro atoms. The third kappa shape index (κ3) is 7.24. The van der Waals surface area contributed by atoms with Crippen LogP contribution in [-0.4, -0.2) is 5.97 Å². The van der Waals surface area contributed by atoms with Crippen LogP contribution in [0.25, 0.3) is 6.08 Å². The maximum Gasteiger partial charge on any atom is 0.343 e. The molecule has 31 heavy (non-hydrogen) atoms. The molecule has 0 amide bonds. The minimum atomic E-state index is -0.300. The van der Waals surface area contributed by atoms with Gasteiger partial charge in [-0.15, -0.1) is 0 Å². The molecular formula is C29H36O2. The van der Waals surface area contributed by atoms with E-state index in [1.54, 1.807) is 0 Å². The van der Waals surface area contributed by atoms with Gasteiger partial charge in [-0.3, -0.25) is 0 Å². The fraction of sp³-hybridized carbons (Fsp3) is 0.414. The van der Waals surface area contributed by atoms with E-state index in [2.05, 4.69) is 50.3 Å². The lowest BCUT2D eigenvalue weighted by molar-refractivity contribution is 0.0734. The third-order valence-electron chi connectivity index (χ3n) is 6.11. The highest BCUT2D eigenvalue weighted by molar-refractivity contribution is 5.91. The second kappa shape index (κ2) is 12.3. The maximum absolute atomic E-state index is 12.5. The number of carbonyl (C=O) groups excluding carboxylic acids is 1. The Balaban J connectivity index is 1.51. The van der Waals surface area contributed by atoms with E-state index >= 15 is 0 Å². The SMILES string of the molecule is CCC/C=C/c1ccc(OC(=O)c2ccc(C3CCC(/C=C/CCC)CC3)cc2)cc1. The van der Waals surface area contributed by atoms with Crippen LogP contribution in [0.1, 0.15) is 92.6 Å². The van der Waals surface area contributed by atoms with Crippen molar-refractivity contribution in [1.82, 2.24) is 0 Å². The van der Waals surface area contributed by atoms with Crippen LogP contribution in [0.4, 0.5) is 0 Å². The van der Waals surface area contributed by atoms with Crippen LogP contribution in [0.2, 0.25) is 0 Å². The first kappa shape index (κ1) is 23.1. The fourth-order valence-electron chi connectivity index (χ4n) is 4.19. The molecule has 1 aliphatic rings. The number of allylic oxidation sites excluding steroid dienone is 3. The van der Waals surface area contributed by atoms with Crippen LogP contribution in [0.5, 0.6) is 5.75 Å². The standard InChI is InChI=1S/C29H36O2/c1-3-5-7-9-23-11-15-25(16-12-23)26-17-19-27(20-18-26)29(30)31-28-21-13-24(14-22-28)10-8-6-4-2/h7-10,13-14,17-23,25H,3-6,11-12,15-16H2,1-2H3/b9-7+,10-8+. The Labute approximate surface area is 188 Å². The molecule has 1 fully saturated rings. The molecule has 0 unspecified atom stereocenters. The van der Waals surface area contributed by atoms with Crippen LogP contribution in [0.15, 0.2) is 66.8 Å². The number of hydrogen-bond donors (Lipinski definition) is 0. The number of benzene rings is 2. The van der Waals surface area contributed by atoms with Crippen molar-refractivity contribution < 1.29 is 9.53 Å². The molecule has 2 aromatic carbocycles. The summed E-state index contributed by atoms with van der Waals surface area (Å²) in [6, 6.07) is 15.7. The first-order valence-corrected chi connectivity index (χ1v) is 11.9. The Kier molecular flexibility index (Phi) is 9.15. The summed E-state index contributed by atoms with van der Waals surface area (Å²) in [4.78, 5) is 12.5. The highest BCUT2D eigenvalue weighted by Gasteiger charge is 2.21. The van der Waals surface area contributed by atoms with Crippen LogP contribution in [-0.2, 0) is 0 Å². The predicted octanol–water partition coefficient (Wildman–Crippen LogP) is 8.35. The van der Waals surface area contributed by atoms with Gasteiger partial charge in [0.2, 0.25) is 0 Å². The second-order valence-electron chi connectivity index (χ2n) is 8.60. The molecular weight excluding hydrogens is 380 g/mol. The zero-order chi connectivity index (χ0) is 21.9. The van der Waals surface area contributed by atoms with Crippen molar-refractivity contribution in [3.8, 4) is 5.75 Å². The van der Waals surface area contributed by atoms with Crippen molar-refractivity contribution >= 4 is 12.0 Å². The number of esters is 1. The molecule has 0 atom stereocenters. The Morgan fingerprint density at radius 1 is 0.871 bits per heavy atom. The first-order valence-electron chi connectivity index (χ1n) is 11.9. The van der Waals surface area contributed by atoms with E-state index in [-0.39, 0.29) is 5.97 Å². The fourth-order valence-corrected chi connectivity index (χ4v) is 4.19. The minimum absolute atomic E-state index is 0.300. The van der Waals surface area contributed by atoms with Crippen LogP contribution in [0.3, 0.4) is 0 Å². The van der Waals surface area contributed by atoms with Gasteiger partial charge in [0.25, 0.3) is 0 Å². The summed E-state index contributed by atoms with van der Waals surface area (Å²) in [5, 5.41) is 0. The van der Waals surface area contributed by atoms with Gasteiger partial charge >= 0.3 is 5.97 Å². The Morgan fingerprint density at radius 3 is 2.16 bits per heavy atom. The lowest BCUT2D eigenvalue weighted by Crippen LogP contribution is -2.12. The number of rotatable bonds is 9. The van der Waals surface area contributed by atoms with E-state index < -0.39 is 0 Å². The van der Waals surface area contributed by atoms with E-state index in [0.717, 1.165) is 24.3 Å². The number of unbranched alkanes of at least 4 members (excludes halogenated alkanes) is 2. The molecule has 0 bridgehead atoms. The normalized spacial score (nSPS) is 19.2. The summed E-state index contributed by atoms with van der Waals surface area (Å²) in [6.45, 7) is 4.39. The quantitative estimate of drug-likeness (QED) is 0.233. The Bertz CT molecular complexity index is 851. The summed E-state index contributed by atoms with van der Waals surface area (Å²) in [5.74, 6) is 1.63. The summed E-state index contributed by atoms with van der Waals surface area (Å²) in [6.07, 6.45) is 18.6. The number of ether oxygens (including phenoxy) is 1. The molecule has 2 heteroatoms. The van der Waals surface area contributed by atoms with Crippen molar-refractivity contribution in [2.75, 3.05) is 0 Å². The van der Waals surface area contributed by atoms with E-state index in [0.29, 0.717) is 17.2 Å². The van der Waals surface area contributed by atoms with Gasteiger partial charge in [-0.1, -0.05) is 75.3 Å². The van der Waals surface area contributed by atoms with Crippen LogP contribution < -0.4 is 4.74 Å². The van der Waals surface area contributed by atoms with E-state index in [4.69, 9.17) is 4.74 Å². The molecule has 3 rings (SSSR count). The van der Waals surface area contributed by atoms with Gasteiger partial charge in [0.15, 0.2) is 0 Å². The van der Waals surface area contributed by atoms with Gasteiger partial charge in [-0.05, 0) is 85.8 Å². The van der Waals surface area contributed by atoms with Gasteiger partial charge in [-0.2, -0.15) is 0 Å². The lowest BCUT2D eigenvalue weighted by Gasteiger charge is -2.27. The average molecular weight is 417 g/mol.